The van der Waals surface area contributed by atoms with Crippen LogP contribution in [0.3, 0.4) is 0 Å². The van der Waals surface area contributed by atoms with Gasteiger partial charge in [-0.1, -0.05) is 30.3 Å². The molecule has 0 N–H and O–H groups in total. The maximum atomic E-state index is 12.2. The van der Waals surface area contributed by atoms with E-state index in [1.807, 2.05) is 36.4 Å². The van der Waals surface area contributed by atoms with E-state index in [1.165, 1.54) is 18.3 Å². The van der Waals surface area contributed by atoms with Gasteiger partial charge < -0.3 is 4.74 Å². The lowest BCUT2D eigenvalue weighted by atomic mass is 10.1. The second-order valence-electron chi connectivity index (χ2n) is 4.81. The van der Waals surface area contributed by atoms with Crippen molar-refractivity contribution in [2.24, 2.45) is 0 Å². The molecule has 3 rings (SSSR count). The predicted molar refractivity (Wildman–Crippen MR) is 86.0 cm³/mol. The molecule has 0 saturated carbocycles. The number of carbonyl (C=O) groups excluding carboxylic acids is 2. The summed E-state index contributed by atoms with van der Waals surface area (Å²) in [4.78, 5) is 27.7. The van der Waals surface area contributed by atoms with Crippen molar-refractivity contribution in [3.63, 3.8) is 0 Å². The highest BCUT2D eigenvalue weighted by molar-refractivity contribution is 7.21. The maximum Gasteiger partial charge on any atom is 0.339 e. The number of ether oxygens (including phenoxy) is 1. The molecule has 0 radical (unpaired) electrons. The lowest BCUT2D eigenvalue weighted by molar-refractivity contribution is -0.120. The van der Waals surface area contributed by atoms with Crippen LogP contribution >= 0.6 is 11.3 Å². The molecule has 5 heteroatoms. The zero-order valence-electron chi connectivity index (χ0n) is 11.9. The number of benzene rings is 2. The van der Waals surface area contributed by atoms with Crippen LogP contribution in [0.5, 0.6) is 0 Å². The molecular weight excluding hydrogens is 298 g/mol. The molecule has 2 aromatic carbocycles. The number of esters is 1. The number of nitrogens with zero attached hydrogens (tertiary/aromatic N) is 1. The number of thiazole rings is 1. The Hall–Kier alpha value is -2.53. The number of fused-ring (bicyclic) bond motifs is 1. The van der Waals surface area contributed by atoms with E-state index in [4.69, 9.17) is 4.74 Å². The molecule has 110 valence electrons. The molecule has 22 heavy (non-hydrogen) atoms. The average Bonchev–Trinajstić information content (AvgIpc) is 2.96. The van der Waals surface area contributed by atoms with E-state index in [0.717, 1.165) is 20.8 Å². The van der Waals surface area contributed by atoms with Crippen molar-refractivity contribution in [3.05, 3.63) is 54.1 Å². The molecule has 4 nitrogen and oxygen atoms in total. The van der Waals surface area contributed by atoms with Gasteiger partial charge in [0.15, 0.2) is 5.78 Å². The predicted octanol–water partition coefficient (Wildman–Crippen LogP) is 3.71. The largest absolute Gasteiger partial charge is 0.454 e. The van der Waals surface area contributed by atoms with Gasteiger partial charge in [0.1, 0.15) is 11.6 Å². The van der Waals surface area contributed by atoms with Crippen molar-refractivity contribution in [2.45, 2.75) is 6.92 Å². The van der Waals surface area contributed by atoms with Crippen LogP contribution in [-0.2, 0) is 9.53 Å². The van der Waals surface area contributed by atoms with Gasteiger partial charge in [0.25, 0.3) is 0 Å². The normalized spacial score (nSPS) is 10.6. The second-order valence-corrected chi connectivity index (χ2v) is 5.84. The van der Waals surface area contributed by atoms with Gasteiger partial charge in [-0.05, 0) is 25.1 Å². The molecule has 1 aromatic heterocycles. The summed E-state index contributed by atoms with van der Waals surface area (Å²) in [6.45, 7) is 1.17. The first-order valence-corrected chi connectivity index (χ1v) is 7.58. The van der Waals surface area contributed by atoms with E-state index in [9.17, 15) is 9.59 Å². The molecule has 0 fully saturated rings. The monoisotopic (exact) mass is 311 g/mol. The number of hydrogen-bond acceptors (Lipinski definition) is 5. The van der Waals surface area contributed by atoms with Gasteiger partial charge in [-0.15, -0.1) is 11.3 Å². The second kappa shape index (κ2) is 6.07. The summed E-state index contributed by atoms with van der Waals surface area (Å²) in [5, 5.41) is 0.761. The minimum atomic E-state index is -0.509. The van der Waals surface area contributed by atoms with Crippen molar-refractivity contribution < 1.29 is 14.3 Å². The van der Waals surface area contributed by atoms with E-state index in [1.54, 1.807) is 12.1 Å². The van der Waals surface area contributed by atoms with Crippen LogP contribution in [-0.4, -0.2) is 23.3 Å². The highest BCUT2D eigenvalue weighted by Gasteiger charge is 2.17. The third kappa shape index (κ3) is 2.89. The molecule has 0 spiro atoms. The third-order valence-electron chi connectivity index (χ3n) is 3.08. The first-order valence-electron chi connectivity index (χ1n) is 6.76. The van der Waals surface area contributed by atoms with Gasteiger partial charge in [0.2, 0.25) is 0 Å². The number of rotatable bonds is 4. The minimum Gasteiger partial charge on any atom is -0.454 e. The van der Waals surface area contributed by atoms with E-state index in [2.05, 4.69) is 4.98 Å². The number of Topliss-reactive ketones (excluding diaryl/α,β-unsaturated/α-hetero) is 1. The van der Waals surface area contributed by atoms with Crippen LogP contribution in [0.15, 0.2) is 48.5 Å². The highest BCUT2D eigenvalue weighted by Crippen LogP contribution is 2.32. The van der Waals surface area contributed by atoms with E-state index in [-0.39, 0.29) is 12.4 Å². The van der Waals surface area contributed by atoms with Gasteiger partial charge in [-0.2, -0.15) is 0 Å². The summed E-state index contributed by atoms with van der Waals surface area (Å²) in [7, 11) is 0. The van der Waals surface area contributed by atoms with Crippen LogP contribution < -0.4 is 0 Å². The van der Waals surface area contributed by atoms with E-state index >= 15 is 0 Å². The topological polar surface area (TPSA) is 56.3 Å². The highest BCUT2D eigenvalue weighted by atomic mass is 32.1. The van der Waals surface area contributed by atoms with Crippen LogP contribution in [0.4, 0.5) is 0 Å². The smallest absolute Gasteiger partial charge is 0.339 e. The Labute approximate surface area is 131 Å². The summed E-state index contributed by atoms with van der Waals surface area (Å²) in [6, 6.07) is 15.0. The van der Waals surface area contributed by atoms with Gasteiger partial charge >= 0.3 is 5.97 Å². The lowest BCUT2D eigenvalue weighted by Crippen LogP contribution is -2.12. The Kier molecular flexibility index (Phi) is 3.98. The summed E-state index contributed by atoms with van der Waals surface area (Å²) >= 11 is 1.52. The lowest BCUT2D eigenvalue weighted by Gasteiger charge is -2.06. The van der Waals surface area contributed by atoms with Gasteiger partial charge in [0.05, 0.1) is 15.8 Å². The molecule has 0 bridgehead atoms. The van der Waals surface area contributed by atoms with Crippen LogP contribution in [0.25, 0.3) is 20.8 Å². The Morgan fingerprint density at radius 3 is 2.59 bits per heavy atom. The fourth-order valence-electron chi connectivity index (χ4n) is 2.08. The first kappa shape index (κ1) is 14.4. The maximum absolute atomic E-state index is 12.2. The van der Waals surface area contributed by atoms with Crippen molar-refractivity contribution in [2.75, 3.05) is 6.61 Å². The number of ketones is 1. The molecule has 1 heterocycles. The SMILES string of the molecule is CC(=O)COC(=O)c1ccccc1-c1nc2ccccc2s1. The van der Waals surface area contributed by atoms with Crippen LogP contribution in [0, 0.1) is 0 Å². The van der Waals surface area contributed by atoms with Crippen molar-refractivity contribution in [1.29, 1.82) is 0 Å². The summed E-state index contributed by atoms with van der Waals surface area (Å²) in [6.07, 6.45) is 0. The molecule has 0 aliphatic rings. The zero-order valence-corrected chi connectivity index (χ0v) is 12.7. The fourth-order valence-corrected chi connectivity index (χ4v) is 3.09. The molecule has 0 amide bonds. The Morgan fingerprint density at radius 2 is 1.82 bits per heavy atom. The summed E-state index contributed by atoms with van der Waals surface area (Å²) in [5.41, 5.74) is 2.04. The molecule has 3 aromatic rings. The molecule has 0 unspecified atom stereocenters. The number of hydrogen-bond donors (Lipinski definition) is 0. The molecule has 0 saturated heterocycles. The molecular formula is C17H13NO3S. The van der Waals surface area contributed by atoms with Gasteiger partial charge in [0, 0.05) is 5.56 Å². The van der Waals surface area contributed by atoms with Crippen LogP contribution in [0.2, 0.25) is 0 Å². The summed E-state index contributed by atoms with van der Waals surface area (Å²) < 4.78 is 6.07. The fraction of sp³-hybridized carbons (Fsp3) is 0.118. The third-order valence-corrected chi connectivity index (χ3v) is 4.15. The number of carbonyl (C=O) groups is 2. The Morgan fingerprint density at radius 1 is 1.09 bits per heavy atom. The Bertz CT molecular complexity index is 821. The first-order chi connectivity index (χ1) is 10.6. The standard InChI is InChI=1S/C17H13NO3S/c1-11(19)10-21-17(20)13-7-3-2-6-12(13)16-18-14-8-4-5-9-15(14)22-16/h2-9H,10H2,1H3. The minimum absolute atomic E-state index is 0.189. The molecule has 0 atom stereocenters. The van der Waals surface area contributed by atoms with Crippen molar-refractivity contribution >= 4 is 33.3 Å². The Balaban J connectivity index is 2.00. The van der Waals surface area contributed by atoms with Crippen LogP contribution in [0.1, 0.15) is 17.3 Å². The number of aromatic nitrogens is 1. The van der Waals surface area contributed by atoms with Crippen molar-refractivity contribution in [3.8, 4) is 10.6 Å². The molecule has 0 aliphatic heterocycles. The van der Waals surface area contributed by atoms with E-state index < -0.39 is 5.97 Å². The van der Waals surface area contributed by atoms with E-state index in [0.29, 0.717) is 5.56 Å². The quantitative estimate of drug-likeness (QED) is 0.689. The average molecular weight is 311 g/mol. The van der Waals surface area contributed by atoms with Gasteiger partial charge in [-0.25, -0.2) is 9.78 Å². The van der Waals surface area contributed by atoms with Crippen molar-refractivity contribution in [1.82, 2.24) is 4.98 Å². The number of para-hydroxylation sites is 1. The van der Waals surface area contributed by atoms with Gasteiger partial charge in [-0.3, -0.25) is 4.79 Å². The zero-order chi connectivity index (χ0) is 15.5. The molecule has 0 aliphatic carbocycles. The summed E-state index contributed by atoms with van der Waals surface area (Å²) in [5.74, 6) is -0.698.